The van der Waals surface area contributed by atoms with Gasteiger partial charge >= 0.3 is 5.97 Å². The average molecular weight is 555 g/mol. The van der Waals surface area contributed by atoms with E-state index in [4.69, 9.17) is 49.9 Å². The number of hydrogen-bond acceptors (Lipinski definition) is 6. The first-order valence-electron chi connectivity index (χ1n) is 12.7. The Bertz CT molecular complexity index is 1080. The quantitative estimate of drug-likeness (QED) is 0.395. The van der Waals surface area contributed by atoms with Gasteiger partial charge in [0.15, 0.2) is 5.82 Å². The molecule has 2 aliphatic heterocycles. The minimum Gasteiger partial charge on any atom is -0.481 e. The lowest BCUT2D eigenvalue weighted by molar-refractivity contribution is -0.137. The van der Waals surface area contributed by atoms with Crippen LogP contribution in [0.4, 0.5) is 11.8 Å². The lowest BCUT2D eigenvalue weighted by Gasteiger charge is -2.41. The molecule has 0 bridgehead atoms. The van der Waals surface area contributed by atoms with E-state index in [2.05, 4.69) is 15.1 Å². The van der Waals surface area contributed by atoms with Crippen LogP contribution in [0.3, 0.4) is 0 Å². The first kappa shape index (κ1) is 27.2. The number of nitrogens with one attached hydrogen (secondary N) is 1. The summed E-state index contributed by atoms with van der Waals surface area (Å²) >= 11 is 19.0. The Hall–Kier alpha value is -1.80. The molecule has 0 radical (unpaired) electrons. The summed E-state index contributed by atoms with van der Waals surface area (Å²) in [6.45, 7) is 8.38. The van der Waals surface area contributed by atoms with Gasteiger partial charge in [-0.1, -0.05) is 40.9 Å². The number of aliphatic carboxylic acids is 1. The van der Waals surface area contributed by atoms with Gasteiger partial charge in [0.05, 0.1) is 18.2 Å². The molecule has 0 saturated carbocycles. The van der Waals surface area contributed by atoms with Crippen LogP contribution in [-0.2, 0) is 4.79 Å². The summed E-state index contributed by atoms with van der Waals surface area (Å²) in [6, 6.07) is 5.34. The molecule has 0 aliphatic carbocycles. The molecule has 2 aromatic rings. The highest BCUT2D eigenvalue weighted by atomic mass is 35.5. The number of piperidine rings is 2. The summed E-state index contributed by atoms with van der Waals surface area (Å²) in [5, 5.41) is 14.1. The summed E-state index contributed by atoms with van der Waals surface area (Å²) in [4.78, 5) is 25.0. The topological polar surface area (TPSA) is 81.6 Å². The van der Waals surface area contributed by atoms with Gasteiger partial charge in [-0.25, -0.2) is 4.98 Å². The van der Waals surface area contributed by atoms with Gasteiger partial charge in [0.25, 0.3) is 0 Å². The molecule has 2 fully saturated rings. The van der Waals surface area contributed by atoms with Crippen molar-refractivity contribution in [3.05, 3.63) is 44.5 Å². The number of carboxylic acids is 1. The summed E-state index contributed by atoms with van der Waals surface area (Å²) in [5.41, 5.74) is 1.66. The SMILES string of the molecule is Cc1nc(N2CCC(C3CCCN(CCC(=O)O)C3)CC2)nc(NC(C)c2ccc(Cl)cc2Cl)c1Cl. The van der Waals surface area contributed by atoms with Gasteiger partial charge in [0, 0.05) is 36.2 Å². The van der Waals surface area contributed by atoms with Gasteiger partial charge in [-0.3, -0.25) is 4.79 Å². The van der Waals surface area contributed by atoms with Crippen LogP contribution in [0.5, 0.6) is 0 Å². The molecule has 2 N–H and O–H groups in total. The van der Waals surface area contributed by atoms with Crippen molar-refractivity contribution in [2.75, 3.05) is 42.9 Å². The Balaban J connectivity index is 1.39. The molecule has 4 rings (SSSR count). The van der Waals surface area contributed by atoms with E-state index in [9.17, 15) is 4.79 Å². The Morgan fingerprint density at radius 2 is 1.89 bits per heavy atom. The second-order valence-electron chi connectivity index (χ2n) is 9.97. The average Bonchev–Trinajstić information content (AvgIpc) is 2.85. The van der Waals surface area contributed by atoms with E-state index >= 15 is 0 Å². The Labute approximate surface area is 228 Å². The molecule has 196 valence electrons. The van der Waals surface area contributed by atoms with Crippen LogP contribution in [0.1, 0.15) is 56.3 Å². The molecule has 0 spiro atoms. The van der Waals surface area contributed by atoms with Crippen molar-refractivity contribution in [1.82, 2.24) is 14.9 Å². The van der Waals surface area contributed by atoms with Gasteiger partial charge in [-0.2, -0.15) is 4.98 Å². The maximum absolute atomic E-state index is 11.0. The lowest BCUT2D eigenvalue weighted by atomic mass is 9.79. The number of benzene rings is 1. The molecule has 7 nitrogen and oxygen atoms in total. The van der Waals surface area contributed by atoms with Crippen molar-refractivity contribution in [3.63, 3.8) is 0 Å². The van der Waals surface area contributed by atoms with Crippen LogP contribution in [0.15, 0.2) is 18.2 Å². The number of rotatable bonds is 8. The van der Waals surface area contributed by atoms with Crippen molar-refractivity contribution in [2.24, 2.45) is 11.8 Å². The normalized spacial score (nSPS) is 20.4. The predicted octanol–water partition coefficient (Wildman–Crippen LogP) is 6.32. The molecular formula is C26H34Cl3N5O2. The van der Waals surface area contributed by atoms with Crippen molar-refractivity contribution in [3.8, 4) is 0 Å². The third-order valence-electron chi connectivity index (χ3n) is 7.46. The molecule has 2 unspecified atom stereocenters. The number of likely N-dealkylation sites (tertiary alicyclic amines) is 1. The van der Waals surface area contributed by atoms with E-state index < -0.39 is 5.97 Å². The third kappa shape index (κ3) is 6.74. The molecule has 2 aliphatic rings. The maximum Gasteiger partial charge on any atom is 0.304 e. The van der Waals surface area contributed by atoms with Crippen molar-refractivity contribution in [1.29, 1.82) is 0 Å². The molecule has 1 aromatic carbocycles. The van der Waals surface area contributed by atoms with Crippen LogP contribution in [0.2, 0.25) is 15.1 Å². The van der Waals surface area contributed by atoms with E-state index in [1.807, 2.05) is 26.0 Å². The van der Waals surface area contributed by atoms with Gasteiger partial charge in [-0.15, -0.1) is 0 Å². The van der Waals surface area contributed by atoms with E-state index in [1.165, 1.54) is 6.42 Å². The molecule has 10 heteroatoms. The Morgan fingerprint density at radius 3 is 2.58 bits per heavy atom. The number of aromatic nitrogens is 2. The maximum atomic E-state index is 11.0. The van der Waals surface area contributed by atoms with Gasteiger partial charge < -0.3 is 20.2 Å². The summed E-state index contributed by atoms with van der Waals surface area (Å²) in [7, 11) is 0. The van der Waals surface area contributed by atoms with E-state index in [-0.39, 0.29) is 12.5 Å². The van der Waals surface area contributed by atoms with E-state index in [0.717, 1.165) is 56.7 Å². The number of nitrogens with zero attached hydrogens (tertiary/aromatic N) is 4. The van der Waals surface area contributed by atoms with Gasteiger partial charge in [0.1, 0.15) is 5.02 Å². The standard InChI is InChI=1S/C26H34Cl3N5O2/c1-16(21-6-5-20(27)14-22(21)28)30-25-24(29)17(2)31-26(32-25)34-12-7-18(8-13-34)19-4-3-10-33(15-19)11-9-23(35)36/h5-6,14,16,18-19H,3-4,7-13,15H2,1-2H3,(H,35,36)(H,30,31,32). The minimum atomic E-state index is -0.719. The third-order valence-corrected chi connectivity index (χ3v) is 8.48. The van der Waals surface area contributed by atoms with Crippen LogP contribution < -0.4 is 10.2 Å². The summed E-state index contributed by atoms with van der Waals surface area (Å²) in [6.07, 6.45) is 4.76. The number of halogens is 3. The summed E-state index contributed by atoms with van der Waals surface area (Å²) in [5.74, 6) is 1.85. The fraction of sp³-hybridized carbons (Fsp3) is 0.577. The van der Waals surface area contributed by atoms with Gasteiger partial charge in [-0.05, 0) is 75.6 Å². The van der Waals surface area contributed by atoms with Crippen LogP contribution in [0.25, 0.3) is 0 Å². The lowest BCUT2D eigenvalue weighted by Crippen LogP contribution is -2.43. The van der Waals surface area contributed by atoms with Crippen LogP contribution in [-0.4, -0.2) is 58.7 Å². The molecule has 3 heterocycles. The zero-order chi connectivity index (χ0) is 25.8. The second-order valence-corrected chi connectivity index (χ2v) is 11.2. The number of carboxylic acid groups (broad SMARTS) is 1. The monoisotopic (exact) mass is 553 g/mol. The molecule has 2 atom stereocenters. The smallest absolute Gasteiger partial charge is 0.304 e. The van der Waals surface area contributed by atoms with Crippen LogP contribution in [0, 0.1) is 18.8 Å². The van der Waals surface area contributed by atoms with E-state index in [1.54, 1.807) is 6.07 Å². The molecular weight excluding hydrogens is 521 g/mol. The first-order chi connectivity index (χ1) is 17.2. The van der Waals surface area contributed by atoms with Crippen molar-refractivity contribution in [2.45, 2.75) is 52.0 Å². The highest BCUT2D eigenvalue weighted by Gasteiger charge is 2.31. The molecule has 36 heavy (non-hydrogen) atoms. The highest BCUT2D eigenvalue weighted by Crippen LogP contribution is 2.35. The predicted molar refractivity (Wildman–Crippen MR) is 147 cm³/mol. The van der Waals surface area contributed by atoms with Crippen molar-refractivity contribution >= 4 is 52.5 Å². The van der Waals surface area contributed by atoms with E-state index in [0.29, 0.717) is 45.2 Å². The zero-order valence-electron chi connectivity index (χ0n) is 20.8. The number of carbonyl (C=O) groups is 1. The molecule has 1 aromatic heterocycles. The molecule has 2 saturated heterocycles. The fourth-order valence-corrected chi connectivity index (χ4v) is 6.13. The summed E-state index contributed by atoms with van der Waals surface area (Å²) < 4.78 is 0. The Kier molecular flexibility index (Phi) is 9.20. The number of aryl methyl sites for hydroxylation is 1. The number of anilines is 2. The minimum absolute atomic E-state index is 0.115. The highest BCUT2D eigenvalue weighted by molar-refractivity contribution is 6.35. The van der Waals surface area contributed by atoms with Crippen LogP contribution >= 0.6 is 34.8 Å². The first-order valence-corrected chi connectivity index (χ1v) is 13.8. The second kappa shape index (κ2) is 12.2. The van der Waals surface area contributed by atoms with Gasteiger partial charge in [0.2, 0.25) is 5.95 Å². The number of hydrogen-bond donors (Lipinski definition) is 2. The molecule has 0 amide bonds. The zero-order valence-corrected chi connectivity index (χ0v) is 23.1. The van der Waals surface area contributed by atoms with Crippen molar-refractivity contribution < 1.29 is 9.90 Å². The fourth-order valence-electron chi connectivity index (χ4n) is 5.42. The largest absolute Gasteiger partial charge is 0.481 e. The Morgan fingerprint density at radius 1 is 1.14 bits per heavy atom.